The molecular formula is C5H12O2S. The number of hydrogen-bond donors (Lipinski definition) is 2. The molecule has 0 fully saturated rings. The van der Waals surface area contributed by atoms with Crippen LogP contribution >= 0.6 is 11.8 Å². The van der Waals surface area contributed by atoms with Crippen LogP contribution in [0.4, 0.5) is 0 Å². The van der Waals surface area contributed by atoms with Gasteiger partial charge < -0.3 is 10.2 Å². The fourth-order valence-corrected chi connectivity index (χ4v) is 1.07. The standard InChI is InChI=1S/C5H12O2S/c1-4(2)8-5(7)3-6/h4-7H,3H2,1-2H3. The van der Waals surface area contributed by atoms with Gasteiger partial charge in [0.2, 0.25) is 0 Å². The first-order valence-electron chi connectivity index (χ1n) is 2.61. The summed E-state index contributed by atoms with van der Waals surface area (Å²) in [6.45, 7) is 3.80. The zero-order valence-corrected chi connectivity index (χ0v) is 5.98. The van der Waals surface area contributed by atoms with Crippen LogP contribution in [-0.2, 0) is 0 Å². The van der Waals surface area contributed by atoms with Crippen LogP contribution in [0.5, 0.6) is 0 Å². The quantitative estimate of drug-likeness (QED) is 0.553. The molecular weight excluding hydrogens is 124 g/mol. The minimum atomic E-state index is -0.602. The molecule has 0 aliphatic carbocycles. The van der Waals surface area contributed by atoms with Crippen molar-refractivity contribution in [2.24, 2.45) is 0 Å². The maximum Gasteiger partial charge on any atom is 0.123 e. The molecule has 0 heterocycles. The van der Waals surface area contributed by atoms with Crippen molar-refractivity contribution < 1.29 is 10.2 Å². The molecule has 0 saturated heterocycles. The average molecular weight is 136 g/mol. The van der Waals surface area contributed by atoms with E-state index in [9.17, 15) is 0 Å². The Kier molecular flexibility index (Phi) is 4.32. The van der Waals surface area contributed by atoms with Gasteiger partial charge in [0, 0.05) is 5.25 Å². The smallest absolute Gasteiger partial charge is 0.123 e. The number of aliphatic hydroxyl groups is 2. The lowest BCUT2D eigenvalue weighted by molar-refractivity contribution is 0.160. The van der Waals surface area contributed by atoms with Gasteiger partial charge in [0.15, 0.2) is 0 Å². The fourth-order valence-electron chi connectivity index (χ4n) is 0.357. The Morgan fingerprint density at radius 3 is 2.12 bits per heavy atom. The molecule has 1 unspecified atom stereocenters. The molecule has 50 valence electrons. The fraction of sp³-hybridized carbons (Fsp3) is 1.00. The summed E-state index contributed by atoms with van der Waals surface area (Å²) in [6.07, 6.45) is 0. The summed E-state index contributed by atoms with van der Waals surface area (Å²) in [5.41, 5.74) is -0.602. The van der Waals surface area contributed by atoms with E-state index >= 15 is 0 Å². The van der Waals surface area contributed by atoms with E-state index in [1.54, 1.807) is 0 Å². The van der Waals surface area contributed by atoms with Crippen molar-refractivity contribution in [2.45, 2.75) is 24.5 Å². The summed E-state index contributed by atoms with van der Waals surface area (Å²) in [4.78, 5) is 0. The second-order valence-electron chi connectivity index (χ2n) is 1.82. The van der Waals surface area contributed by atoms with E-state index in [0.29, 0.717) is 5.25 Å². The van der Waals surface area contributed by atoms with Crippen molar-refractivity contribution in [3.8, 4) is 0 Å². The third-order valence-corrected chi connectivity index (χ3v) is 1.59. The molecule has 3 heteroatoms. The Morgan fingerprint density at radius 1 is 1.50 bits per heavy atom. The Morgan fingerprint density at radius 2 is 2.00 bits per heavy atom. The van der Waals surface area contributed by atoms with E-state index in [0.717, 1.165) is 0 Å². The highest BCUT2D eigenvalue weighted by Crippen LogP contribution is 2.13. The highest BCUT2D eigenvalue weighted by atomic mass is 32.2. The normalized spacial score (nSPS) is 14.6. The summed E-state index contributed by atoms with van der Waals surface area (Å²) < 4.78 is 0. The molecule has 1 atom stereocenters. The summed E-state index contributed by atoms with van der Waals surface area (Å²) in [5.74, 6) is 0. The molecule has 8 heavy (non-hydrogen) atoms. The van der Waals surface area contributed by atoms with Crippen molar-refractivity contribution in [3.05, 3.63) is 0 Å². The number of thioether (sulfide) groups is 1. The van der Waals surface area contributed by atoms with Crippen molar-refractivity contribution in [1.82, 2.24) is 0 Å². The molecule has 0 aromatic heterocycles. The van der Waals surface area contributed by atoms with Gasteiger partial charge in [-0.2, -0.15) is 0 Å². The summed E-state index contributed by atoms with van der Waals surface area (Å²) in [5, 5.41) is 17.4. The second-order valence-corrected chi connectivity index (χ2v) is 3.58. The number of aliphatic hydroxyl groups excluding tert-OH is 2. The van der Waals surface area contributed by atoms with E-state index in [1.165, 1.54) is 11.8 Å². The molecule has 0 aliphatic rings. The van der Waals surface area contributed by atoms with Gasteiger partial charge in [-0.25, -0.2) is 0 Å². The van der Waals surface area contributed by atoms with Gasteiger partial charge in [-0.3, -0.25) is 0 Å². The Bertz CT molecular complexity index is 56.4. The third kappa shape index (κ3) is 4.43. The van der Waals surface area contributed by atoms with E-state index in [-0.39, 0.29) is 6.61 Å². The predicted octanol–water partition coefficient (Wildman–Crippen LogP) is 0.439. The van der Waals surface area contributed by atoms with Gasteiger partial charge in [0.25, 0.3) is 0 Å². The van der Waals surface area contributed by atoms with Crippen LogP contribution in [0.1, 0.15) is 13.8 Å². The molecule has 0 spiro atoms. The van der Waals surface area contributed by atoms with Crippen LogP contribution in [0, 0.1) is 0 Å². The van der Waals surface area contributed by atoms with Gasteiger partial charge in [-0.1, -0.05) is 13.8 Å². The van der Waals surface area contributed by atoms with Crippen LogP contribution in [-0.4, -0.2) is 27.5 Å². The van der Waals surface area contributed by atoms with Gasteiger partial charge in [0.05, 0.1) is 6.61 Å². The lowest BCUT2D eigenvalue weighted by atomic mass is 10.6. The van der Waals surface area contributed by atoms with Crippen LogP contribution in [0.2, 0.25) is 0 Å². The summed E-state index contributed by atoms with van der Waals surface area (Å²) in [7, 11) is 0. The van der Waals surface area contributed by atoms with E-state index in [4.69, 9.17) is 10.2 Å². The predicted molar refractivity (Wildman–Crippen MR) is 35.8 cm³/mol. The Balaban J connectivity index is 3.10. The number of hydrogen-bond acceptors (Lipinski definition) is 3. The van der Waals surface area contributed by atoms with Crippen molar-refractivity contribution >= 4 is 11.8 Å². The molecule has 0 radical (unpaired) electrons. The molecule has 0 rings (SSSR count). The SMILES string of the molecule is CC(C)SC(O)CO. The monoisotopic (exact) mass is 136 g/mol. The summed E-state index contributed by atoms with van der Waals surface area (Å²) in [6, 6.07) is 0. The molecule has 0 bridgehead atoms. The highest BCUT2D eigenvalue weighted by molar-refractivity contribution is 8.00. The van der Waals surface area contributed by atoms with Crippen LogP contribution < -0.4 is 0 Å². The second kappa shape index (κ2) is 4.18. The lowest BCUT2D eigenvalue weighted by Gasteiger charge is -2.08. The largest absolute Gasteiger partial charge is 0.393 e. The lowest BCUT2D eigenvalue weighted by Crippen LogP contribution is -2.09. The third-order valence-electron chi connectivity index (χ3n) is 0.585. The first kappa shape index (κ1) is 8.27. The van der Waals surface area contributed by atoms with E-state index in [2.05, 4.69) is 0 Å². The first-order valence-corrected chi connectivity index (χ1v) is 3.55. The van der Waals surface area contributed by atoms with Gasteiger partial charge in [-0.05, 0) is 0 Å². The van der Waals surface area contributed by atoms with Crippen molar-refractivity contribution in [1.29, 1.82) is 0 Å². The van der Waals surface area contributed by atoms with Gasteiger partial charge in [0.1, 0.15) is 5.44 Å². The molecule has 2 nitrogen and oxygen atoms in total. The van der Waals surface area contributed by atoms with Crippen molar-refractivity contribution in [3.63, 3.8) is 0 Å². The molecule has 0 saturated carbocycles. The maximum atomic E-state index is 8.74. The van der Waals surface area contributed by atoms with Crippen LogP contribution in [0.25, 0.3) is 0 Å². The van der Waals surface area contributed by atoms with E-state index in [1.807, 2.05) is 13.8 Å². The van der Waals surface area contributed by atoms with E-state index < -0.39 is 5.44 Å². The molecule has 2 N–H and O–H groups in total. The number of rotatable bonds is 3. The van der Waals surface area contributed by atoms with Crippen molar-refractivity contribution in [2.75, 3.05) is 6.61 Å². The van der Waals surface area contributed by atoms with Gasteiger partial charge >= 0.3 is 0 Å². The first-order chi connectivity index (χ1) is 3.66. The minimum Gasteiger partial charge on any atom is -0.393 e. The topological polar surface area (TPSA) is 40.5 Å². The Labute approximate surface area is 53.9 Å². The highest BCUT2D eigenvalue weighted by Gasteiger charge is 2.03. The maximum absolute atomic E-state index is 8.74. The zero-order chi connectivity index (χ0) is 6.57. The zero-order valence-electron chi connectivity index (χ0n) is 5.16. The molecule has 0 amide bonds. The van der Waals surface area contributed by atoms with Crippen LogP contribution in [0.15, 0.2) is 0 Å². The molecule has 0 aromatic rings. The average Bonchev–Trinajstić information content (AvgIpc) is 1.65. The van der Waals surface area contributed by atoms with Gasteiger partial charge in [-0.15, -0.1) is 11.8 Å². The Hall–Kier alpha value is 0.270. The van der Waals surface area contributed by atoms with Crippen LogP contribution in [0.3, 0.4) is 0 Å². The molecule has 0 aliphatic heterocycles. The molecule has 0 aromatic carbocycles. The minimum absolute atomic E-state index is 0.150. The summed E-state index contributed by atoms with van der Waals surface area (Å²) >= 11 is 1.36.